The topological polar surface area (TPSA) is 63.2 Å². The second kappa shape index (κ2) is 10.9. The summed E-state index contributed by atoms with van der Waals surface area (Å²) in [5.74, 6) is -0.552. The van der Waals surface area contributed by atoms with E-state index in [2.05, 4.69) is 15.6 Å². The van der Waals surface area contributed by atoms with Gasteiger partial charge in [0.1, 0.15) is 0 Å². The summed E-state index contributed by atoms with van der Waals surface area (Å²) in [6.45, 7) is -0.137. The molecule has 2 aromatic carbocycles. The summed E-state index contributed by atoms with van der Waals surface area (Å²) in [5, 5.41) is 6.51. The predicted molar refractivity (Wildman–Crippen MR) is 133 cm³/mol. The molecule has 2 bridgehead atoms. The number of hydrogen-bond acceptors (Lipinski definition) is 4. The lowest BCUT2D eigenvalue weighted by Gasteiger charge is -2.42. The number of carbonyl (C=O) groups excluding carboxylic acids is 1. The summed E-state index contributed by atoms with van der Waals surface area (Å²) < 4.78 is 86.3. The Morgan fingerprint density at radius 1 is 0.950 bits per heavy atom. The van der Waals surface area contributed by atoms with Gasteiger partial charge in [-0.05, 0) is 60.2 Å². The van der Waals surface area contributed by atoms with E-state index in [1.54, 1.807) is 18.5 Å². The average Bonchev–Trinajstić information content (AvgIpc) is 3.25. The molecule has 1 amide bonds. The molecule has 40 heavy (non-hydrogen) atoms. The number of aromatic nitrogens is 1. The number of piperidine rings is 1. The monoisotopic (exact) mass is 563 g/mol. The molecule has 0 aliphatic carbocycles. The maximum absolute atomic E-state index is 13.4. The first-order valence-electron chi connectivity index (χ1n) is 12.9. The van der Waals surface area contributed by atoms with Gasteiger partial charge in [-0.1, -0.05) is 36.4 Å². The van der Waals surface area contributed by atoms with Crippen molar-refractivity contribution in [1.82, 2.24) is 15.6 Å². The second-order valence-electron chi connectivity index (χ2n) is 10.3. The lowest BCUT2D eigenvalue weighted by molar-refractivity contribution is -0.143. The van der Waals surface area contributed by atoms with Gasteiger partial charge in [0.05, 0.1) is 35.3 Å². The van der Waals surface area contributed by atoms with E-state index in [9.17, 15) is 31.1 Å². The number of benzene rings is 2. The number of amides is 1. The van der Waals surface area contributed by atoms with E-state index >= 15 is 0 Å². The highest BCUT2D eigenvalue weighted by molar-refractivity contribution is 5.80. The van der Waals surface area contributed by atoms with Crippen LogP contribution in [0.25, 0.3) is 0 Å². The van der Waals surface area contributed by atoms with Gasteiger partial charge in [-0.3, -0.25) is 9.78 Å². The van der Waals surface area contributed by atoms with Crippen LogP contribution in [0.15, 0.2) is 73.1 Å². The number of nitrogens with zero attached hydrogens (tertiary/aromatic N) is 1. The third kappa shape index (κ3) is 5.85. The van der Waals surface area contributed by atoms with Gasteiger partial charge in [0, 0.05) is 25.0 Å². The Bertz CT molecular complexity index is 1300. The smallest absolute Gasteiger partial charge is 0.371 e. The standard InChI is InChI=1S/C29H27F6N3O2/c30-28(31,32)21-11-19(12-22(13-21)29(33,34)35)17-40-25-9-8-24-23(26(39)37-16-18-5-4-10-36-15-18)14-27(25,38-24)20-6-2-1-3-7-20/h1-7,10-13,15,23-25,38H,8-9,14,16-17H2,(H,37,39). The van der Waals surface area contributed by atoms with Crippen LogP contribution in [0.2, 0.25) is 0 Å². The van der Waals surface area contributed by atoms with Crippen molar-refractivity contribution < 1.29 is 35.9 Å². The van der Waals surface area contributed by atoms with Gasteiger partial charge in [0.2, 0.25) is 5.91 Å². The molecule has 4 unspecified atom stereocenters. The highest BCUT2D eigenvalue weighted by Crippen LogP contribution is 2.48. The van der Waals surface area contributed by atoms with Crippen LogP contribution in [-0.4, -0.2) is 23.0 Å². The lowest BCUT2D eigenvalue weighted by atomic mass is 9.80. The Kier molecular flexibility index (Phi) is 7.62. The van der Waals surface area contributed by atoms with Crippen LogP contribution >= 0.6 is 0 Å². The second-order valence-corrected chi connectivity index (χ2v) is 10.3. The molecule has 0 spiro atoms. The minimum atomic E-state index is -4.94. The van der Waals surface area contributed by atoms with Gasteiger partial charge in [0.25, 0.3) is 0 Å². The van der Waals surface area contributed by atoms with Crippen LogP contribution in [0.1, 0.15) is 47.1 Å². The molecule has 2 fully saturated rings. The van der Waals surface area contributed by atoms with Gasteiger partial charge in [0.15, 0.2) is 0 Å². The summed E-state index contributed by atoms with van der Waals surface area (Å²) in [6, 6.07) is 14.2. The van der Waals surface area contributed by atoms with Crippen molar-refractivity contribution in [2.24, 2.45) is 5.92 Å². The van der Waals surface area contributed by atoms with Crippen molar-refractivity contribution in [3.8, 4) is 0 Å². The van der Waals surface area contributed by atoms with Crippen molar-refractivity contribution in [3.05, 3.63) is 101 Å². The zero-order valence-corrected chi connectivity index (χ0v) is 21.2. The van der Waals surface area contributed by atoms with Crippen LogP contribution < -0.4 is 10.6 Å². The highest BCUT2D eigenvalue weighted by Gasteiger charge is 2.56. The molecule has 11 heteroatoms. The highest BCUT2D eigenvalue weighted by atomic mass is 19.4. The molecule has 212 valence electrons. The molecule has 2 aliphatic heterocycles. The molecule has 5 nitrogen and oxygen atoms in total. The number of pyridine rings is 1. The maximum Gasteiger partial charge on any atom is 0.416 e. The summed E-state index contributed by atoms with van der Waals surface area (Å²) in [4.78, 5) is 17.3. The van der Waals surface area contributed by atoms with E-state index < -0.39 is 47.6 Å². The quantitative estimate of drug-likeness (QED) is 0.347. The largest absolute Gasteiger partial charge is 0.416 e. The van der Waals surface area contributed by atoms with Gasteiger partial charge in [-0.15, -0.1) is 0 Å². The van der Waals surface area contributed by atoms with Crippen LogP contribution in [0.5, 0.6) is 0 Å². The first kappa shape index (κ1) is 28.1. The van der Waals surface area contributed by atoms with Crippen LogP contribution in [-0.2, 0) is 40.6 Å². The predicted octanol–water partition coefficient (Wildman–Crippen LogP) is 5.99. The zero-order chi connectivity index (χ0) is 28.5. The third-order valence-corrected chi connectivity index (χ3v) is 7.67. The molecule has 3 heterocycles. The fourth-order valence-corrected chi connectivity index (χ4v) is 5.80. The number of ether oxygens (including phenoxy) is 1. The van der Waals surface area contributed by atoms with E-state index in [4.69, 9.17) is 4.74 Å². The minimum absolute atomic E-state index is 0.105. The van der Waals surface area contributed by atoms with E-state index in [1.165, 1.54) is 0 Å². The number of fused-ring (bicyclic) bond motifs is 2. The van der Waals surface area contributed by atoms with Crippen LogP contribution in [0, 0.1) is 5.92 Å². The van der Waals surface area contributed by atoms with E-state index in [1.807, 2.05) is 36.4 Å². The molecule has 3 aromatic rings. The molecular formula is C29H27F6N3O2. The van der Waals surface area contributed by atoms with Crippen molar-refractivity contribution in [1.29, 1.82) is 0 Å². The molecule has 2 aliphatic rings. The molecule has 5 rings (SSSR count). The minimum Gasteiger partial charge on any atom is -0.371 e. The molecule has 0 radical (unpaired) electrons. The van der Waals surface area contributed by atoms with E-state index in [-0.39, 0.29) is 23.6 Å². The number of carbonyl (C=O) groups is 1. The van der Waals surface area contributed by atoms with Gasteiger partial charge >= 0.3 is 12.4 Å². The molecule has 1 aromatic heterocycles. The number of halogens is 6. The van der Waals surface area contributed by atoms with Crippen molar-refractivity contribution in [3.63, 3.8) is 0 Å². The zero-order valence-electron chi connectivity index (χ0n) is 21.2. The first-order chi connectivity index (χ1) is 19.0. The lowest BCUT2D eigenvalue weighted by Crippen LogP contribution is -2.54. The molecular weight excluding hydrogens is 536 g/mol. The maximum atomic E-state index is 13.4. The first-order valence-corrected chi connectivity index (χ1v) is 12.9. The van der Waals surface area contributed by atoms with Crippen LogP contribution in [0.4, 0.5) is 26.3 Å². The third-order valence-electron chi connectivity index (χ3n) is 7.67. The Hall–Kier alpha value is -3.44. The summed E-state index contributed by atoms with van der Waals surface area (Å²) in [7, 11) is 0. The Labute approximate surface area is 227 Å². The van der Waals surface area contributed by atoms with Gasteiger partial charge in [-0.2, -0.15) is 26.3 Å². The molecule has 0 saturated carbocycles. The normalized spacial score (nSPS) is 24.6. The van der Waals surface area contributed by atoms with Gasteiger partial charge < -0.3 is 15.4 Å². The Morgan fingerprint density at radius 2 is 1.65 bits per heavy atom. The van der Waals surface area contributed by atoms with E-state index in [0.717, 1.165) is 11.1 Å². The molecule has 4 atom stereocenters. The molecule has 2 saturated heterocycles. The average molecular weight is 564 g/mol. The summed E-state index contributed by atoms with van der Waals surface area (Å²) in [5.41, 5.74) is -2.14. The summed E-state index contributed by atoms with van der Waals surface area (Å²) >= 11 is 0. The van der Waals surface area contributed by atoms with Gasteiger partial charge in [-0.25, -0.2) is 0 Å². The Morgan fingerprint density at radius 3 is 2.27 bits per heavy atom. The van der Waals surface area contributed by atoms with Crippen LogP contribution in [0.3, 0.4) is 0 Å². The Balaban J connectivity index is 1.38. The van der Waals surface area contributed by atoms with Crippen molar-refractivity contribution >= 4 is 5.91 Å². The number of hydrogen-bond donors (Lipinski definition) is 2. The van der Waals surface area contributed by atoms with E-state index in [0.29, 0.717) is 37.9 Å². The number of alkyl halides is 6. The molecule has 2 N–H and O–H groups in total. The fourth-order valence-electron chi connectivity index (χ4n) is 5.80. The SMILES string of the molecule is O=C(NCc1cccnc1)C1CC2(c3ccccc3)NC1CCC2OCc1cc(C(F)(F)F)cc(C(F)(F)F)c1. The summed E-state index contributed by atoms with van der Waals surface area (Å²) in [6.07, 6.45) is -5.77. The van der Waals surface area contributed by atoms with Crippen molar-refractivity contribution in [2.75, 3.05) is 0 Å². The number of nitrogens with one attached hydrogen (secondary N) is 2. The fraction of sp³-hybridized carbons (Fsp3) is 0.379. The number of rotatable bonds is 7. The van der Waals surface area contributed by atoms with Crippen molar-refractivity contribution in [2.45, 2.75) is 62.5 Å².